The molecule has 0 unspecified atom stereocenters. The van der Waals surface area contributed by atoms with E-state index in [0.29, 0.717) is 17.2 Å². The molecule has 0 aliphatic heterocycles. The average molecular weight is 668 g/mol. The lowest BCUT2D eigenvalue weighted by Gasteiger charge is -2.43. The van der Waals surface area contributed by atoms with Gasteiger partial charge in [-0.2, -0.15) is 13.2 Å². The van der Waals surface area contributed by atoms with Crippen LogP contribution in [-0.4, -0.2) is 29.0 Å². The van der Waals surface area contributed by atoms with Crippen LogP contribution in [0.5, 0.6) is 0 Å². The standard InChI is InChI=1S/C38H36F3N3O3Si/c1-26(21-22-47-48(37(2,3)4,29-14-7-5-8-15-29)30-16-9-6-10-17-30)43-33-20-19-28(38(39,40)41)23-32(33)35(45)44(36(43)46)34-25-42-24-27-13-11-12-18-31(27)34/h5-20,23-26H,21-22H2,1-4H3/t26-/m0/s1. The lowest BCUT2D eigenvalue weighted by molar-refractivity contribution is -0.137. The number of pyridine rings is 1. The van der Waals surface area contributed by atoms with Crippen molar-refractivity contribution in [2.24, 2.45) is 0 Å². The van der Waals surface area contributed by atoms with Crippen molar-refractivity contribution in [1.82, 2.24) is 14.1 Å². The number of benzene rings is 4. The molecular weight excluding hydrogens is 632 g/mol. The Labute approximate surface area is 277 Å². The summed E-state index contributed by atoms with van der Waals surface area (Å²) < 4.78 is 51.0. The van der Waals surface area contributed by atoms with Gasteiger partial charge in [-0.25, -0.2) is 9.36 Å². The highest BCUT2D eigenvalue weighted by Crippen LogP contribution is 2.37. The zero-order valence-electron chi connectivity index (χ0n) is 27.2. The summed E-state index contributed by atoms with van der Waals surface area (Å²) >= 11 is 0. The molecule has 0 aliphatic rings. The Morgan fingerprint density at radius 3 is 2.00 bits per heavy atom. The van der Waals surface area contributed by atoms with Gasteiger partial charge in [0.15, 0.2) is 0 Å². The second-order valence-corrected chi connectivity index (χ2v) is 17.4. The Morgan fingerprint density at radius 1 is 0.792 bits per heavy atom. The molecule has 0 saturated heterocycles. The predicted octanol–water partition coefficient (Wildman–Crippen LogP) is 7.25. The molecule has 0 fully saturated rings. The highest BCUT2D eigenvalue weighted by atomic mass is 28.4. The minimum absolute atomic E-state index is 0.125. The molecule has 48 heavy (non-hydrogen) atoms. The van der Waals surface area contributed by atoms with Gasteiger partial charge in [-0.1, -0.05) is 106 Å². The molecule has 4 aromatic carbocycles. The molecule has 0 N–H and O–H groups in total. The third kappa shape index (κ3) is 5.79. The summed E-state index contributed by atoms with van der Waals surface area (Å²) in [6.07, 6.45) is -1.32. The second kappa shape index (κ2) is 12.7. The Hall–Kier alpha value is -4.80. The van der Waals surface area contributed by atoms with E-state index >= 15 is 0 Å². The molecule has 10 heteroatoms. The smallest absolute Gasteiger partial charge is 0.407 e. The van der Waals surface area contributed by atoms with E-state index in [1.54, 1.807) is 30.5 Å². The van der Waals surface area contributed by atoms with E-state index in [0.717, 1.165) is 27.1 Å². The molecule has 6 nitrogen and oxygen atoms in total. The number of alkyl halides is 3. The number of hydrogen-bond donors (Lipinski definition) is 0. The van der Waals surface area contributed by atoms with E-state index in [1.807, 2.05) is 43.3 Å². The van der Waals surface area contributed by atoms with E-state index in [1.165, 1.54) is 16.8 Å². The number of nitrogens with zero attached hydrogens (tertiary/aromatic N) is 3. The third-order valence-corrected chi connectivity index (χ3v) is 14.1. The van der Waals surface area contributed by atoms with Crippen LogP contribution in [-0.2, 0) is 10.6 Å². The van der Waals surface area contributed by atoms with E-state index in [2.05, 4.69) is 50.0 Å². The lowest BCUT2D eigenvalue weighted by atomic mass is 10.1. The minimum Gasteiger partial charge on any atom is -0.407 e. The molecule has 246 valence electrons. The monoisotopic (exact) mass is 667 g/mol. The summed E-state index contributed by atoms with van der Waals surface area (Å²) in [4.78, 5) is 32.6. The van der Waals surface area contributed by atoms with Crippen molar-refractivity contribution in [2.45, 2.75) is 51.4 Å². The van der Waals surface area contributed by atoms with Crippen molar-refractivity contribution < 1.29 is 17.6 Å². The number of rotatable bonds is 8. The van der Waals surface area contributed by atoms with Crippen molar-refractivity contribution >= 4 is 40.4 Å². The maximum Gasteiger partial charge on any atom is 0.416 e. The molecule has 6 aromatic rings. The van der Waals surface area contributed by atoms with E-state index in [4.69, 9.17) is 4.43 Å². The van der Waals surface area contributed by atoms with Gasteiger partial charge in [-0.3, -0.25) is 14.3 Å². The average Bonchev–Trinajstić information content (AvgIpc) is 3.06. The fraction of sp³-hybridized carbons (Fsp3) is 0.237. The van der Waals surface area contributed by atoms with E-state index in [9.17, 15) is 22.8 Å². The van der Waals surface area contributed by atoms with Gasteiger partial charge in [0.25, 0.3) is 13.9 Å². The number of hydrogen-bond acceptors (Lipinski definition) is 4. The first kappa shape index (κ1) is 33.1. The van der Waals surface area contributed by atoms with Gasteiger partial charge in [0.05, 0.1) is 28.4 Å². The lowest BCUT2D eigenvalue weighted by Crippen LogP contribution is -2.66. The maximum atomic E-state index is 14.4. The van der Waals surface area contributed by atoms with Crippen LogP contribution in [0.3, 0.4) is 0 Å². The van der Waals surface area contributed by atoms with Crippen LogP contribution in [0.1, 0.15) is 45.7 Å². The number of fused-ring (bicyclic) bond motifs is 2. The van der Waals surface area contributed by atoms with Crippen LogP contribution in [0.4, 0.5) is 13.2 Å². The summed E-state index contributed by atoms with van der Waals surface area (Å²) in [6.45, 7) is 8.61. The fourth-order valence-corrected chi connectivity index (χ4v) is 11.3. The number of aromatic nitrogens is 3. The Morgan fingerprint density at radius 2 is 1.40 bits per heavy atom. The van der Waals surface area contributed by atoms with Crippen molar-refractivity contribution in [1.29, 1.82) is 0 Å². The van der Waals surface area contributed by atoms with Gasteiger partial charge < -0.3 is 4.43 Å². The van der Waals surface area contributed by atoms with Crippen molar-refractivity contribution in [2.75, 3.05) is 6.61 Å². The van der Waals surface area contributed by atoms with Gasteiger partial charge in [-0.15, -0.1) is 0 Å². The molecule has 0 bridgehead atoms. The van der Waals surface area contributed by atoms with Crippen molar-refractivity contribution in [3.8, 4) is 5.69 Å². The third-order valence-electron chi connectivity index (χ3n) is 9.01. The second-order valence-electron chi connectivity index (χ2n) is 13.1. The van der Waals surface area contributed by atoms with Crippen LogP contribution in [0, 0.1) is 0 Å². The van der Waals surface area contributed by atoms with Crippen LogP contribution in [0.15, 0.2) is 125 Å². The summed E-state index contributed by atoms with van der Waals surface area (Å²) in [5.74, 6) is 0. The summed E-state index contributed by atoms with van der Waals surface area (Å²) in [7, 11) is -2.89. The highest BCUT2D eigenvalue weighted by molar-refractivity contribution is 6.99. The van der Waals surface area contributed by atoms with Crippen LogP contribution < -0.4 is 21.6 Å². The Kier molecular flexibility index (Phi) is 8.74. The molecular formula is C38H36F3N3O3Si. The minimum atomic E-state index is -4.68. The van der Waals surface area contributed by atoms with Crippen LogP contribution in [0.2, 0.25) is 5.04 Å². The quantitative estimate of drug-likeness (QED) is 0.161. The highest BCUT2D eigenvalue weighted by Gasteiger charge is 2.50. The first-order chi connectivity index (χ1) is 22.8. The summed E-state index contributed by atoms with van der Waals surface area (Å²) in [5.41, 5.74) is -2.15. The van der Waals surface area contributed by atoms with Gasteiger partial charge in [0, 0.05) is 29.6 Å². The topological polar surface area (TPSA) is 66.1 Å². The Balaban J connectivity index is 1.48. The Bertz CT molecular complexity index is 2160. The van der Waals surface area contributed by atoms with Gasteiger partial charge in [0.2, 0.25) is 0 Å². The molecule has 0 radical (unpaired) electrons. The molecule has 6 rings (SSSR count). The van der Waals surface area contributed by atoms with Crippen molar-refractivity contribution in [3.05, 3.63) is 142 Å². The molecule has 0 spiro atoms. The first-order valence-electron chi connectivity index (χ1n) is 15.8. The molecule has 2 aromatic heterocycles. The maximum absolute atomic E-state index is 14.4. The molecule has 2 heterocycles. The number of halogens is 3. The largest absolute Gasteiger partial charge is 0.416 e. The normalized spacial score (nSPS) is 13.2. The van der Waals surface area contributed by atoms with Gasteiger partial charge in [0.1, 0.15) is 0 Å². The first-order valence-corrected chi connectivity index (χ1v) is 17.7. The zero-order valence-corrected chi connectivity index (χ0v) is 28.2. The molecule has 0 amide bonds. The van der Waals surface area contributed by atoms with E-state index in [-0.39, 0.29) is 28.2 Å². The molecule has 0 aliphatic carbocycles. The van der Waals surface area contributed by atoms with Crippen molar-refractivity contribution in [3.63, 3.8) is 0 Å². The van der Waals surface area contributed by atoms with E-state index < -0.39 is 37.3 Å². The fourth-order valence-electron chi connectivity index (χ4n) is 6.70. The van der Waals surface area contributed by atoms with Crippen LogP contribution >= 0.6 is 0 Å². The molecule has 1 atom stereocenters. The SMILES string of the molecule is C[C@@H](CCO[Si](c1ccccc1)(c1ccccc1)C(C)(C)C)n1c(=O)n(-c2cncc3ccccc23)c(=O)c2cc(C(F)(F)F)ccc21. The molecule has 0 saturated carbocycles. The van der Waals surface area contributed by atoms with Gasteiger partial charge in [-0.05, 0) is 47.0 Å². The predicted molar refractivity (Wildman–Crippen MR) is 187 cm³/mol. The van der Waals surface area contributed by atoms with Crippen LogP contribution in [0.25, 0.3) is 27.4 Å². The van der Waals surface area contributed by atoms with Gasteiger partial charge >= 0.3 is 11.9 Å². The summed E-state index contributed by atoms with van der Waals surface area (Å²) in [5, 5.41) is 2.99. The summed E-state index contributed by atoms with van der Waals surface area (Å²) in [6, 6.07) is 29.9. The zero-order chi connectivity index (χ0) is 34.3.